The van der Waals surface area contributed by atoms with Gasteiger partial charge in [-0.15, -0.1) is 11.3 Å². The number of nitrogens with two attached hydrogens (primary N) is 1. The number of aryl methyl sites for hydroxylation is 1. The lowest BCUT2D eigenvalue weighted by Crippen LogP contribution is -1.94. The summed E-state index contributed by atoms with van der Waals surface area (Å²) < 4.78 is 2.13. The lowest BCUT2D eigenvalue weighted by atomic mass is 10.1. The van der Waals surface area contributed by atoms with Gasteiger partial charge in [0, 0.05) is 24.0 Å². The molecule has 0 bridgehead atoms. The molecule has 0 aliphatic rings. The lowest BCUT2D eigenvalue weighted by molar-refractivity contribution is 0.787. The third-order valence-electron chi connectivity index (χ3n) is 2.98. The summed E-state index contributed by atoms with van der Waals surface area (Å²) in [5.74, 6) is 0. The van der Waals surface area contributed by atoms with Gasteiger partial charge in [-0.2, -0.15) is 0 Å². The van der Waals surface area contributed by atoms with Crippen LogP contribution < -0.4 is 5.73 Å². The zero-order chi connectivity index (χ0) is 12.5. The average molecular weight is 258 g/mol. The van der Waals surface area contributed by atoms with Crippen LogP contribution in [0.2, 0.25) is 0 Å². The second-order valence-electron chi connectivity index (χ2n) is 4.06. The number of rotatable bonds is 3. The van der Waals surface area contributed by atoms with Crippen LogP contribution in [-0.4, -0.2) is 14.5 Å². The van der Waals surface area contributed by atoms with Crippen LogP contribution in [0.3, 0.4) is 0 Å². The zero-order valence-electron chi connectivity index (χ0n) is 10.1. The van der Waals surface area contributed by atoms with Crippen LogP contribution in [0, 0.1) is 0 Å². The van der Waals surface area contributed by atoms with E-state index in [-0.39, 0.29) is 0 Å². The van der Waals surface area contributed by atoms with Gasteiger partial charge in [-0.05, 0) is 19.1 Å². The Bertz CT molecular complexity index is 683. The molecule has 0 amide bonds. The maximum Gasteiger partial charge on any atom is 0.107 e. The van der Waals surface area contributed by atoms with Gasteiger partial charge in [0.05, 0.1) is 23.1 Å². The van der Waals surface area contributed by atoms with Gasteiger partial charge in [-0.1, -0.05) is 6.07 Å². The minimum atomic E-state index is 0.497. The van der Waals surface area contributed by atoms with Gasteiger partial charge in [0.2, 0.25) is 0 Å². The molecule has 0 atom stereocenters. The van der Waals surface area contributed by atoms with Crippen LogP contribution in [-0.2, 0) is 13.1 Å². The van der Waals surface area contributed by atoms with Crippen molar-refractivity contribution in [3.05, 3.63) is 34.9 Å². The first-order valence-corrected chi connectivity index (χ1v) is 6.79. The van der Waals surface area contributed by atoms with Crippen molar-refractivity contribution < 1.29 is 0 Å². The zero-order valence-corrected chi connectivity index (χ0v) is 10.9. The van der Waals surface area contributed by atoms with Crippen molar-refractivity contribution in [3.8, 4) is 11.3 Å². The monoisotopic (exact) mass is 258 g/mol. The molecule has 0 aliphatic heterocycles. The molecule has 3 aromatic rings. The number of benzene rings is 1. The minimum absolute atomic E-state index is 0.497. The van der Waals surface area contributed by atoms with Gasteiger partial charge in [-0.3, -0.25) is 0 Å². The highest BCUT2D eigenvalue weighted by Gasteiger charge is 2.07. The Morgan fingerprint density at radius 3 is 3.00 bits per heavy atom. The van der Waals surface area contributed by atoms with Crippen molar-refractivity contribution in [2.45, 2.75) is 20.0 Å². The Balaban J connectivity index is 2.07. The Hall–Kier alpha value is -1.72. The van der Waals surface area contributed by atoms with E-state index in [1.807, 2.05) is 11.7 Å². The quantitative estimate of drug-likeness (QED) is 0.785. The smallest absolute Gasteiger partial charge is 0.107 e. The van der Waals surface area contributed by atoms with Crippen LogP contribution >= 0.6 is 11.3 Å². The molecule has 92 valence electrons. The predicted octanol–water partition coefficient (Wildman–Crippen LogP) is 2.64. The Labute approximate surface area is 109 Å². The van der Waals surface area contributed by atoms with E-state index in [9.17, 15) is 0 Å². The fraction of sp³-hybridized carbons (Fsp3) is 0.231. The first-order valence-electron chi connectivity index (χ1n) is 5.91. The van der Waals surface area contributed by atoms with Crippen LogP contribution in [0.25, 0.3) is 22.3 Å². The first-order chi connectivity index (χ1) is 8.81. The van der Waals surface area contributed by atoms with Crippen molar-refractivity contribution in [3.63, 3.8) is 0 Å². The van der Waals surface area contributed by atoms with Gasteiger partial charge in [0.1, 0.15) is 5.01 Å². The Morgan fingerprint density at radius 2 is 2.28 bits per heavy atom. The first kappa shape index (κ1) is 11.4. The standard InChI is InChI=1S/C13H14N4S/c1-2-17-8-15-10-5-9(3-4-12(10)17)11-7-18-13(6-14)16-11/h3-5,7-8H,2,6,14H2,1H3. The molecule has 2 heterocycles. The molecule has 0 spiro atoms. The van der Waals surface area contributed by atoms with Gasteiger partial charge in [0.25, 0.3) is 0 Å². The lowest BCUT2D eigenvalue weighted by Gasteiger charge is -2.00. The summed E-state index contributed by atoms with van der Waals surface area (Å²) in [5.41, 5.74) is 9.84. The van der Waals surface area contributed by atoms with E-state index in [0.717, 1.165) is 33.8 Å². The number of hydrogen-bond acceptors (Lipinski definition) is 4. The molecule has 0 saturated heterocycles. The van der Waals surface area contributed by atoms with Crippen molar-refractivity contribution >= 4 is 22.4 Å². The fourth-order valence-electron chi connectivity index (χ4n) is 2.01. The normalized spacial score (nSPS) is 11.2. The summed E-state index contributed by atoms with van der Waals surface area (Å²) in [7, 11) is 0. The molecule has 1 aromatic carbocycles. The molecule has 0 aliphatic carbocycles. The summed E-state index contributed by atoms with van der Waals surface area (Å²) >= 11 is 1.60. The van der Waals surface area contributed by atoms with Crippen LogP contribution in [0.5, 0.6) is 0 Å². The number of hydrogen-bond donors (Lipinski definition) is 1. The van der Waals surface area contributed by atoms with E-state index in [2.05, 4.69) is 39.7 Å². The molecule has 5 heteroatoms. The second kappa shape index (κ2) is 4.51. The number of nitrogens with zero attached hydrogens (tertiary/aromatic N) is 3. The Morgan fingerprint density at radius 1 is 1.39 bits per heavy atom. The molecule has 0 fully saturated rings. The number of thiazole rings is 1. The Kier molecular flexibility index (Phi) is 2.85. The maximum absolute atomic E-state index is 5.59. The van der Waals surface area contributed by atoms with Gasteiger partial charge in [0.15, 0.2) is 0 Å². The average Bonchev–Trinajstić information content (AvgIpc) is 3.04. The minimum Gasteiger partial charge on any atom is -0.331 e. The van der Waals surface area contributed by atoms with E-state index in [1.54, 1.807) is 11.3 Å². The fourth-order valence-corrected chi connectivity index (χ4v) is 2.70. The van der Waals surface area contributed by atoms with E-state index in [1.165, 1.54) is 0 Å². The number of aromatic nitrogens is 3. The molecule has 0 unspecified atom stereocenters. The highest BCUT2D eigenvalue weighted by atomic mass is 32.1. The molecular formula is C13H14N4S. The van der Waals surface area contributed by atoms with Crippen LogP contribution in [0.4, 0.5) is 0 Å². The number of imidazole rings is 1. The topological polar surface area (TPSA) is 56.7 Å². The summed E-state index contributed by atoms with van der Waals surface area (Å²) in [6.45, 7) is 3.55. The summed E-state index contributed by atoms with van der Waals surface area (Å²) in [4.78, 5) is 8.91. The van der Waals surface area contributed by atoms with Crippen LogP contribution in [0.15, 0.2) is 29.9 Å². The third-order valence-corrected chi connectivity index (χ3v) is 3.86. The summed E-state index contributed by atoms with van der Waals surface area (Å²) in [5, 5.41) is 3.00. The second-order valence-corrected chi connectivity index (χ2v) is 5.01. The van der Waals surface area contributed by atoms with E-state index < -0.39 is 0 Å². The highest BCUT2D eigenvalue weighted by Crippen LogP contribution is 2.25. The third kappa shape index (κ3) is 1.81. The van der Waals surface area contributed by atoms with Crippen molar-refractivity contribution in [2.24, 2.45) is 5.73 Å². The molecule has 2 aromatic heterocycles. The molecule has 3 rings (SSSR count). The van der Waals surface area contributed by atoms with E-state index >= 15 is 0 Å². The van der Waals surface area contributed by atoms with Gasteiger partial charge >= 0.3 is 0 Å². The largest absolute Gasteiger partial charge is 0.331 e. The van der Waals surface area contributed by atoms with Crippen molar-refractivity contribution in [2.75, 3.05) is 0 Å². The number of fused-ring (bicyclic) bond motifs is 1. The predicted molar refractivity (Wildman–Crippen MR) is 74.4 cm³/mol. The molecule has 2 N–H and O–H groups in total. The summed E-state index contributed by atoms with van der Waals surface area (Å²) in [6, 6.07) is 6.27. The molecule has 0 saturated carbocycles. The van der Waals surface area contributed by atoms with Gasteiger partial charge < -0.3 is 10.3 Å². The summed E-state index contributed by atoms with van der Waals surface area (Å²) in [6.07, 6.45) is 1.88. The molecule has 0 radical (unpaired) electrons. The molecule has 4 nitrogen and oxygen atoms in total. The highest BCUT2D eigenvalue weighted by molar-refractivity contribution is 7.09. The van der Waals surface area contributed by atoms with Crippen molar-refractivity contribution in [1.82, 2.24) is 14.5 Å². The van der Waals surface area contributed by atoms with E-state index in [0.29, 0.717) is 6.54 Å². The SMILES string of the molecule is CCn1cnc2cc(-c3csc(CN)n3)ccc21. The molecule has 18 heavy (non-hydrogen) atoms. The van der Waals surface area contributed by atoms with E-state index in [4.69, 9.17) is 5.73 Å². The van der Waals surface area contributed by atoms with Gasteiger partial charge in [-0.25, -0.2) is 9.97 Å². The molecular weight excluding hydrogens is 244 g/mol. The van der Waals surface area contributed by atoms with Crippen LogP contribution in [0.1, 0.15) is 11.9 Å². The maximum atomic E-state index is 5.59. The van der Waals surface area contributed by atoms with Crippen molar-refractivity contribution in [1.29, 1.82) is 0 Å².